The lowest BCUT2D eigenvalue weighted by atomic mass is 10.1. The lowest BCUT2D eigenvalue weighted by Crippen LogP contribution is -2.20. The van der Waals surface area contributed by atoms with Gasteiger partial charge in [-0.2, -0.15) is 0 Å². The minimum atomic E-state index is -0.650. The van der Waals surface area contributed by atoms with Crippen LogP contribution in [-0.2, 0) is 14.3 Å². The molecule has 132 valence electrons. The molecule has 0 fully saturated rings. The fourth-order valence-corrected chi connectivity index (χ4v) is 2.36. The number of rotatable bonds is 5. The normalized spacial score (nSPS) is 11.0. The molecular formula is C20H18N2O4. The molecule has 0 aliphatic heterocycles. The number of nitrogens with zero attached hydrogens (tertiary/aromatic N) is 1. The SMILES string of the molecule is Cc1cccc(NC(=O)COC(=O)/C=C/c2nc3ccccc3o2)c1C. The van der Waals surface area contributed by atoms with Gasteiger partial charge >= 0.3 is 5.97 Å². The smallest absolute Gasteiger partial charge is 0.331 e. The molecule has 6 heteroatoms. The van der Waals surface area contributed by atoms with Crippen molar-refractivity contribution < 1.29 is 18.7 Å². The number of ether oxygens (including phenoxy) is 1. The Bertz CT molecular complexity index is 955. The summed E-state index contributed by atoms with van der Waals surface area (Å²) in [5.41, 5.74) is 4.08. The molecule has 1 heterocycles. The van der Waals surface area contributed by atoms with Crippen LogP contribution >= 0.6 is 0 Å². The highest BCUT2D eigenvalue weighted by Gasteiger charge is 2.09. The van der Waals surface area contributed by atoms with E-state index < -0.39 is 11.9 Å². The maximum Gasteiger partial charge on any atom is 0.331 e. The van der Waals surface area contributed by atoms with Crippen LogP contribution in [0.1, 0.15) is 17.0 Å². The number of hydrogen-bond donors (Lipinski definition) is 1. The van der Waals surface area contributed by atoms with E-state index in [2.05, 4.69) is 10.3 Å². The van der Waals surface area contributed by atoms with Crippen molar-refractivity contribution in [2.24, 2.45) is 0 Å². The van der Waals surface area contributed by atoms with Crippen LogP contribution in [0, 0.1) is 13.8 Å². The standard InChI is InChI=1S/C20H18N2O4/c1-13-6-5-8-15(14(13)2)21-18(23)12-25-20(24)11-10-19-22-16-7-3-4-9-17(16)26-19/h3-11H,12H2,1-2H3,(H,21,23)/b11-10+. The summed E-state index contributed by atoms with van der Waals surface area (Å²) in [5, 5.41) is 2.73. The van der Waals surface area contributed by atoms with Crippen molar-refractivity contribution >= 4 is 34.7 Å². The van der Waals surface area contributed by atoms with Crippen LogP contribution in [0.25, 0.3) is 17.2 Å². The fourth-order valence-electron chi connectivity index (χ4n) is 2.36. The maximum absolute atomic E-state index is 11.9. The lowest BCUT2D eigenvalue weighted by molar-refractivity contribution is -0.142. The van der Waals surface area contributed by atoms with E-state index in [9.17, 15) is 9.59 Å². The Morgan fingerprint density at radius 2 is 1.96 bits per heavy atom. The Morgan fingerprint density at radius 1 is 1.15 bits per heavy atom. The molecule has 0 saturated carbocycles. The molecule has 0 bridgehead atoms. The van der Waals surface area contributed by atoms with Crippen LogP contribution in [0.2, 0.25) is 0 Å². The van der Waals surface area contributed by atoms with Gasteiger partial charge in [-0.3, -0.25) is 4.79 Å². The summed E-state index contributed by atoms with van der Waals surface area (Å²) in [6, 6.07) is 12.9. The molecule has 6 nitrogen and oxygen atoms in total. The first-order valence-corrected chi connectivity index (χ1v) is 8.09. The molecule has 1 N–H and O–H groups in total. The van der Waals surface area contributed by atoms with E-state index in [1.807, 2.05) is 44.2 Å². The second kappa shape index (κ2) is 7.65. The Balaban J connectivity index is 1.53. The summed E-state index contributed by atoms with van der Waals surface area (Å²) in [5.74, 6) is -0.756. The molecule has 0 aliphatic carbocycles. The summed E-state index contributed by atoms with van der Waals surface area (Å²) in [6.45, 7) is 3.51. The van der Waals surface area contributed by atoms with Crippen molar-refractivity contribution in [1.29, 1.82) is 0 Å². The minimum absolute atomic E-state index is 0.294. The predicted octanol–water partition coefficient (Wildman–Crippen LogP) is 3.64. The average Bonchev–Trinajstić information content (AvgIpc) is 3.05. The Morgan fingerprint density at radius 3 is 2.77 bits per heavy atom. The van der Waals surface area contributed by atoms with Gasteiger partial charge in [-0.25, -0.2) is 9.78 Å². The van der Waals surface area contributed by atoms with E-state index in [0.29, 0.717) is 22.7 Å². The van der Waals surface area contributed by atoms with Crippen molar-refractivity contribution in [2.75, 3.05) is 11.9 Å². The number of oxazole rings is 1. The third-order valence-electron chi connectivity index (χ3n) is 3.90. The summed E-state index contributed by atoms with van der Waals surface area (Å²) in [6.07, 6.45) is 2.58. The molecule has 1 aromatic heterocycles. The van der Waals surface area contributed by atoms with Crippen molar-refractivity contribution in [3.8, 4) is 0 Å². The first-order chi connectivity index (χ1) is 12.5. The lowest BCUT2D eigenvalue weighted by Gasteiger charge is -2.10. The number of carbonyl (C=O) groups excluding carboxylic acids is 2. The van der Waals surface area contributed by atoms with Crippen LogP contribution < -0.4 is 5.32 Å². The van der Waals surface area contributed by atoms with Gasteiger partial charge in [0.2, 0.25) is 5.89 Å². The first-order valence-electron chi connectivity index (χ1n) is 8.09. The second-order valence-electron chi connectivity index (χ2n) is 5.76. The zero-order valence-electron chi connectivity index (χ0n) is 14.5. The van der Waals surface area contributed by atoms with E-state index in [1.165, 1.54) is 12.2 Å². The zero-order valence-corrected chi connectivity index (χ0v) is 14.5. The van der Waals surface area contributed by atoms with E-state index in [4.69, 9.17) is 9.15 Å². The number of nitrogens with one attached hydrogen (secondary N) is 1. The van der Waals surface area contributed by atoms with Gasteiger partial charge < -0.3 is 14.5 Å². The second-order valence-corrected chi connectivity index (χ2v) is 5.76. The number of para-hydroxylation sites is 2. The van der Waals surface area contributed by atoms with Gasteiger partial charge in [0.25, 0.3) is 5.91 Å². The van der Waals surface area contributed by atoms with E-state index in [0.717, 1.165) is 11.1 Å². The largest absolute Gasteiger partial charge is 0.452 e. The molecule has 0 radical (unpaired) electrons. The zero-order chi connectivity index (χ0) is 18.5. The van der Waals surface area contributed by atoms with Crippen molar-refractivity contribution in [1.82, 2.24) is 4.98 Å². The quantitative estimate of drug-likeness (QED) is 0.561. The number of aryl methyl sites for hydroxylation is 1. The van der Waals surface area contributed by atoms with E-state index in [-0.39, 0.29) is 6.61 Å². The molecule has 1 amide bonds. The van der Waals surface area contributed by atoms with Gasteiger partial charge in [0.1, 0.15) is 5.52 Å². The minimum Gasteiger partial charge on any atom is -0.452 e. The molecule has 2 aromatic carbocycles. The number of esters is 1. The molecule has 3 aromatic rings. The number of benzene rings is 2. The maximum atomic E-state index is 11.9. The van der Waals surface area contributed by atoms with E-state index >= 15 is 0 Å². The number of aromatic nitrogens is 1. The molecule has 0 aliphatic rings. The van der Waals surface area contributed by atoms with Crippen LogP contribution in [0.5, 0.6) is 0 Å². The molecular weight excluding hydrogens is 332 g/mol. The number of fused-ring (bicyclic) bond motifs is 1. The van der Waals surface area contributed by atoms with Crippen molar-refractivity contribution in [3.05, 3.63) is 65.6 Å². The van der Waals surface area contributed by atoms with Gasteiger partial charge in [0.15, 0.2) is 12.2 Å². The number of carbonyl (C=O) groups is 2. The highest BCUT2D eigenvalue weighted by molar-refractivity contribution is 5.95. The molecule has 0 saturated heterocycles. The Labute approximate surface area is 150 Å². The summed E-state index contributed by atoms with van der Waals surface area (Å²) in [7, 11) is 0. The summed E-state index contributed by atoms with van der Waals surface area (Å²) < 4.78 is 10.4. The highest BCUT2D eigenvalue weighted by atomic mass is 16.5. The number of anilines is 1. The summed E-state index contributed by atoms with van der Waals surface area (Å²) in [4.78, 5) is 27.9. The van der Waals surface area contributed by atoms with Crippen LogP contribution in [0.15, 0.2) is 53.0 Å². The van der Waals surface area contributed by atoms with E-state index in [1.54, 1.807) is 12.1 Å². The van der Waals surface area contributed by atoms with Crippen LogP contribution in [-0.4, -0.2) is 23.5 Å². The molecule has 3 rings (SSSR count). The first kappa shape index (κ1) is 17.4. The molecule has 26 heavy (non-hydrogen) atoms. The molecule has 0 unspecified atom stereocenters. The number of hydrogen-bond acceptors (Lipinski definition) is 5. The topological polar surface area (TPSA) is 81.4 Å². The Hall–Kier alpha value is -3.41. The van der Waals surface area contributed by atoms with Gasteiger partial charge in [0, 0.05) is 17.8 Å². The van der Waals surface area contributed by atoms with Crippen LogP contribution in [0.3, 0.4) is 0 Å². The van der Waals surface area contributed by atoms with Crippen molar-refractivity contribution in [2.45, 2.75) is 13.8 Å². The molecule has 0 spiro atoms. The van der Waals surface area contributed by atoms with Crippen molar-refractivity contribution in [3.63, 3.8) is 0 Å². The van der Waals surface area contributed by atoms with Gasteiger partial charge in [0.05, 0.1) is 0 Å². The Kier molecular flexibility index (Phi) is 5.12. The molecule has 0 atom stereocenters. The summed E-state index contributed by atoms with van der Waals surface area (Å²) >= 11 is 0. The van der Waals surface area contributed by atoms with Gasteiger partial charge in [-0.1, -0.05) is 24.3 Å². The number of amides is 1. The monoisotopic (exact) mass is 350 g/mol. The average molecular weight is 350 g/mol. The predicted molar refractivity (Wildman–Crippen MR) is 98.5 cm³/mol. The fraction of sp³-hybridized carbons (Fsp3) is 0.150. The third kappa shape index (κ3) is 4.16. The third-order valence-corrected chi connectivity index (χ3v) is 3.90. The van der Waals surface area contributed by atoms with Gasteiger partial charge in [-0.15, -0.1) is 0 Å². The highest BCUT2D eigenvalue weighted by Crippen LogP contribution is 2.18. The van der Waals surface area contributed by atoms with Crippen LogP contribution in [0.4, 0.5) is 5.69 Å². The van der Waals surface area contributed by atoms with Gasteiger partial charge in [-0.05, 0) is 43.2 Å².